The highest BCUT2D eigenvalue weighted by Crippen LogP contribution is 2.34. The molecule has 1 aliphatic carbocycles. The van der Waals surface area contributed by atoms with Gasteiger partial charge < -0.3 is 15.4 Å². The van der Waals surface area contributed by atoms with Crippen LogP contribution in [0.1, 0.15) is 70.4 Å². The van der Waals surface area contributed by atoms with E-state index in [0.717, 1.165) is 24.2 Å². The number of carbonyl (C=O) groups excluding carboxylic acids is 4. The number of amides is 4. The molecule has 2 N–H and O–H groups in total. The molecular formula is C23H30N4O7. The Morgan fingerprint density at radius 2 is 1.88 bits per heavy atom. The summed E-state index contributed by atoms with van der Waals surface area (Å²) in [6.45, 7) is 3.22. The predicted molar refractivity (Wildman–Crippen MR) is 121 cm³/mol. The molecule has 1 saturated heterocycles. The van der Waals surface area contributed by atoms with E-state index in [1.54, 1.807) is 19.9 Å². The molecule has 1 aromatic rings. The molecule has 1 atom stereocenters. The molecule has 184 valence electrons. The predicted octanol–water partition coefficient (Wildman–Crippen LogP) is 2.74. The third-order valence-corrected chi connectivity index (χ3v) is 6.10. The van der Waals surface area contributed by atoms with Crippen molar-refractivity contribution >= 4 is 29.5 Å². The Bertz CT molecular complexity index is 972. The Hall–Kier alpha value is -3.50. The number of carbonyl (C=O) groups is 4. The molecule has 4 amide bonds. The number of imide groups is 1. The van der Waals surface area contributed by atoms with Gasteiger partial charge in [-0.15, -0.1) is 0 Å². The molecule has 34 heavy (non-hydrogen) atoms. The Morgan fingerprint density at radius 1 is 1.21 bits per heavy atom. The monoisotopic (exact) mass is 474 g/mol. The summed E-state index contributed by atoms with van der Waals surface area (Å²) in [6, 6.07) is 4.30. The van der Waals surface area contributed by atoms with Crippen LogP contribution in [0, 0.1) is 10.1 Å². The lowest BCUT2D eigenvalue weighted by atomic mass is 9.82. The second kappa shape index (κ2) is 10.6. The second-order valence-corrected chi connectivity index (χ2v) is 8.96. The zero-order chi connectivity index (χ0) is 24.9. The molecule has 1 spiro atoms. The molecule has 0 radical (unpaired) electrons. The van der Waals surface area contributed by atoms with Crippen molar-refractivity contribution in [1.29, 1.82) is 0 Å². The normalized spacial score (nSPS) is 18.0. The van der Waals surface area contributed by atoms with Gasteiger partial charge >= 0.3 is 12.0 Å². The van der Waals surface area contributed by atoms with Gasteiger partial charge in [0.25, 0.3) is 11.6 Å². The van der Waals surface area contributed by atoms with Crippen molar-refractivity contribution in [2.75, 3.05) is 6.54 Å². The Labute approximate surface area is 197 Å². The third-order valence-electron chi connectivity index (χ3n) is 6.10. The van der Waals surface area contributed by atoms with Crippen molar-refractivity contribution in [3.05, 3.63) is 39.9 Å². The molecule has 11 heteroatoms. The number of ether oxygens (including phenoxy) is 1. The molecule has 3 rings (SSSR count). The molecule has 0 aromatic heterocycles. The summed E-state index contributed by atoms with van der Waals surface area (Å²) >= 11 is 0. The number of hydrogen-bond donors (Lipinski definition) is 2. The van der Waals surface area contributed by atoms with Crippen LogP contribution < -0.4 is 10.6 Å². The molecule has 1 aromatic carbocycles. The van der Waals surface area contributed by atoms with Crippen LogP contribution in [0.5, 0.6) is 0 Å². The van der Waals surface area contributed by atoms with Crippen LogP contribution in [0.3, 0.4) is 0 Å². The highest BCUT2D eigenvalue weighted by molar-refractivity contribution is 6.07. The molecule has 2 aliphatic rings. The SMILES string of the molecule is CC(C)OC(=O)CC(NC(=O)CCN1C(=O)NC2(CCCCC2)C1=O)c1ccccc1[N+](=O)[O-]. The summed E-state index contributed by atoms with van der Waals surface area (Å²) in [5, 5.41) is 16.9. The van der Waals surface area contributed by atoms with Crippen molar-refractivity contribution in [3.8, 4) is 0 Å². The van der Waals surface area contributed by atoms with E-state index in [1.165, 1.54) is 18.2 Å². The van der Waals surface area contributed by atoms with Crippen LogP contribution >= 0.6 is 0 Å². The number of benzene rings is 1. The highest BCUT2D eigenvalue weighted by Gasteiger charge is 2.51. The van der Waals surface area contributed by atoms with E-state index >= 15 is 0 Å². The van der Waals surface area contributed by atoms with Crippen molar-refractivity contribution in [1.82, 2.24) is 15.5 Å². The number of hydrogen-bond acceptors (Lipinski definition) is 7. The number of urea groups is 1. The van der Waals surface area contributed by atoms with Crippen LogP contribution in [-0.4, -0.2) is 51.8 Å². The largest absolute Gasteiger partial charge is 0.463 e. The van der Waals surface area contributed by atoms with Crippen LogP contribution in [0.25, 0.3) is 0 Å². The lowest BCUT2D eigenvalue weighted by molar-refractivity contribution is -0.385. The number of nitro groups is 1. The van der Waals surface area contributed by atoms with Gasteiger partial charge in [-0.25, -0.2) is 4.79 Å². The van der Waals surface area contributed by atoms with Gasteiger partial charge in [-0.1, -0.05) is 37.5 Å². The zero-order valence-corrected chi connectivity index (χ0v) is 19.4. The van der Waals surface area contributed by atoms with Gasteiger partial charge in [-0.2, -0.15) is 0 Å². The number of para-hydroxylation sites is 1. The number of esters is 1. The van der Waals surface area contributed by atoms with E-state index in [1.807, 2.05) is 0 Å². The zero-order valence-electron chi connectivity index (χ0n) is 19.4. The number of rotatable bonds is 9. The van der Waals surface area contributed by atoms with Gasteiger partial charge in [-0.3, -0.25) is 29.4 Å². The molecule has 11 nitrogen and oxygen atoms in total. The molecule has 1 heterocycles. The Balaban J connectivity index is 1.69. The standard InChI is InChI=1S/C23H30N4O7/c1-15(2)34-20(29)14-17(16-8-4-5-9-18(16)27(32)33)24-19(28)10-13-26-21(30)23(25-22(26)31)11-6-3-7-12-23/h4-5,8-9,15,17H,3,6-7,10-14H2,1-2H3,(H,24,28)(H,25,31). The fourth-order valence-electron chi connectivity index (χ4n) is 4.52. The summed E-state index contributed by atoms with van der Waals surface area (Å²) in [4.78, 5) is 62.3. The van der Waals surface area contributed by atoms with Crippen LogP contribution in [0.15, 0.2) is 24.3 Å². The quantitative estimate of drug-likeness (QED) is 0.242. The smallest absolute Gasteiger partial charge is 0.325 e. The van der Waals surface area contributed by atoms with E-state index in [0.29, 0.717) is 12.8 Å². The van der Waals surface area contributed by atoms with Gasteiger partial charge in [-0.05, 0) is 26.7 Å². The molecule has 1 unspecified atom stereocenters. The van der Waals surface area contributed by atoms with Crippen LogP contribution in [0.4, 0.5) is 10.5 Å². The van der Waals surface area contributed by atoms with Crippen molar-refractivity contribution in [2.24, 2.45) is 0 Å². The molecule has 1 saturated carbocycles. The third kappa shape index (κ3) is 5.70. The minimum atomic E-state index is -1.01. The molecular weight excluding hydrogens is 444 g/mol. The summed E-state index contributed by atoms with van der Waals surface area (Å²) in [5.74, 6) is -1.49. The first-order chi connectivity index (χ1) is 16.1. The Morgan fingerprint density at radius 3 is 2.53 bits per heavy atom. The lowest BCUT2D eigenvalue weighted by Gasteiger charge is -2.30. The number of nitrogens with one attached hydrogen (secondary N) is 2. The molecule has 0 bridgehead atoms. The number of nitro benzene ring substituents is 1. The van der Waals surface area contributed by atoms with E-state index in [-0.39, 0.29) is 42.6 Å². The van der Waals surface area contributed by atoms with Crippen molar-refractivity contribution in [3.63, 3.8) is 0 Å². The van der Waals surface area contributed by atoms with Gasteiger partial charge in [0.05, 0.1) is 29.1 Å². The highest BCUT2D eigenvalue weighted by atomic mass is 16.6. The summed E-state index contributed by atoms with van der Waals surface area (Å²) in [6.07, 6.45) is 2.98. The van der Waals surface area contributed by atoms with E-state index in [2.05, 4.69) is 10.6 Å². The van der Waals surface area contributed by atoms with Gasteiger partial charge in [0.2, 0.25) is 5.91 Å². The lowest BCUT2D eigenvalue weighted by Crippen LogP contribution is -2.48. The first-order valence-electron chi connectivity index (χ1n) is 11.5. The fourth-order valence-corrected chi connectivity index (χ4v) is 4.52. The van der Waals surface area contributed by atoms with E-state index < -0.39 is 34.4 Å². The van der Waals surface area contributed by atoms with Gasteiger partial charge in [0, 0.05) is 19.0 Å². The fraction of sp³-hybridized carbons (Fsp3) is 0.565. The number of nitrogens with zero attached hydrogens (tertiary/aromatic N) is 2. The molecule has 2 fully saturated rings. The molecule has 1 aliphatic heterocycles. The average Bonchev–Trinajstić information content (AvgIpc) is 3.00. The maximum Gasteiger partial charge on any atom is 0.325 e. The second-order valence-electron chi connectivity index (χ2n) is 8.96. The average molecular weight is 475 g/mol. The Kier molecular flexibility index (Phi) is 7.85. The van der Waals surface area contributed by atoms with E-state index in [9.17, 15) is 29.3 Å². The minimum Gasteiger partial charge on any atom is -0.463 e. The van der Waals surface area contributed by atoms with Crippen LogP contribution in [0.2, 0.25) is 0 Å². The van der Waals surface area contributed by atoms with Crippen molar-refractivity contribution in [2.45, 2.75) is 76.5 Å². The maximum absolute atomic E-state index is 12.9. The van der Waals surface area contributed by atoms with Crippen molar-refractivity contribution < 1.29 is 28.8 Å². The first kappa shape index (κ1) is 25.1. The van der Waals surface area contributed by atoms with Gasteiger partial charge in [0.1, 0.15) is 5.54 Å². The van der Waals surface area contributed by atoms with E-state index in [4.69, 9.17) is 4.74 Å². The van der Waals surface area contributed by atoms with Crippen LogP contribution in [-0.2, 0) is 19.1 Å². The summed E-state index contributed by atoms with van der Waals surface area (Å²) in [5.41, 5.74) is -0.948. The summed E-state index contributed by atoms with van der Waals surface area (Å²) < 4.78 is 5.15. The summed E-state index contributed by atoms with van der Waals surface area (Å²) in [7, 11) is 0. The topological polar surface area (TPSA) is 148 Å². The minimum absolute atomic E-state index is 0.127. The maximum atomic E-state index is 12.9. The van der Waals surface area contributed by atoms with Gasteiger partial charge in [0.15, 0.2) is 0 Å². The first-order valence-corrected chi connectivity index (χ1v) is 11.5.